The quantitative estimate of drug-likeness (QED) is 0.200. The molecule has 1 nitrogen and oxygen atoms in total. The molecule has 0 amide bonds. The molecule has 0 saturated heterocycles. The molecule has 5 rings (SSSR count). The first kappa shape index (κ1) is 57.8. The highest BCUT2D eigenvalue weighted by Crippen LogP contribution is 2.47. The van der Waals surface area contributed by atoms with E-state index in [1.807, 2.05) is 39.8 Å². The zero-order chi connectivity index (χ0) is 45.7. The van der Waals surface area contributed by atoms with Crippen molar-refractivity contribution in [3.63, 3.8) is 0 Å². The Kier molecular flexibility index (Phi) is 30.9. The molecule has 0 aliphatic heterocycles. The number of allylic oxidation sites excluding steroid dienone is 4. The van der Waals surface area contributed by atoms with Crippen LogP contribution >= 0.6 is 0 Å². The summed E-state index contributed by atoms with van der Waals surface area (Å²) in [4.78, 5) is 0. The van der Waals surface area contributed by atoms with Gasteiger partial charge in [0.15, 0.2) is 0 Å². The molecule has 1 aromatic heterocycles. The number of hydrogen-bond acceptors (Lipinski definition) is 0. The Balaban J connectivity index is 0. The SMILES string of the molecule is C1CCC2(CC1)CCCCC2.C=C(C)C.C=C(C)C(C)(C)C.C=C(C)C(C)CCCc1ccccc1.C=CC(c1ccccc1)n1cc(C)c(C)c1.CC.CC(C)(C)C. The van der Waals surface area contributed by atoms with Gasteiger partial charge >= 0.3 is 0 Å². The van der Waals surface area contributed by atoms with E-state index in [2.05, 4.69) is 181 Å². The van der Waals surface area contributed by atoms with Gasteiger partial charge in [-0.05, 0) is 131 Å². The van der Waals surface area contributed by atoms with Crippen LogP contribution in [0.2, 0.25) is 0 Å². The van der Waals surface area contributed by atoms with Crippen molar-refractivity contribution >= 4 is 0 Å². The van der Waals surface area contributed by atoms with E-state index in [4.69, 9.17) is 0 Å². The van der Waals surface area contributed by atoms with Gasteiger partial charge in [0.2, 0.25) is 0 Å². The molecule has 2 aliphatic rings. The van der Waals surface area contributed by atoms with Crippen LogP contribution in [0, 0.1) is 36.0 Å². The highest BCUT2D eigenvalue weighted by Gasteiger charge is 2.32. The molecule has 2 unspecified atom stereocenters. The first-order chi connectivity index (χ1) is 27.5. The molecule has 0 N–H and O–H groups in total. The van der Waals surface area contributed by atoms with Gasteiger partial charge in [0, 0.05) is 12.4 Å². The molecule has 2 saturated carbocycles. The molecule has 2 fully saturated rings. The highest BCUT2D eigenvalue weighted by atomic mass is 15.0. The lowest BCUT2D eigenvalue weighted by Gasteiger charge is -2.40. The molecule has 1 heterocycles. The summed E-state index contributed by atoms with van der Waals surface area (Å²) in [6.45, 7) is 49.2. The molecule has 2 aliphatic carbocycles. The average molecular weight is 808 g/mol. The predicted molar refractivity (Wildman–Crippen MR) is 272 cm³/mol. The van der Waals surface area contributed by atoms with E-state index >= 15 is 0 Å². The normalized spacial score (nSPS) is 14.9. The fourth-order valence-electron chi connectivity index (χ4n) is 6.54. The lowest BCUT2D eigenvalue weighted by Crippen LogP contribution is -2.26. The lowest BCUT2D eigenvalue weighted by atomic mass is 9.65. The Hall–Kier alpha value is -3.32. The van der Waals surface area contributed by atoms with Gasteiger partial charge in [-0.3, -0.25) is 0 Å². The van der Waals surface area contributed by atoms with Gasteiger partial charge in [0.05, 0.1) is 6.04 Å². The van der Waals surface area contributed by atoms with Crippen molar-refractivity contribution in [2.24, 2.45) is 22.2 Å². The van der Waals surface area contributed by atoms with E-state index in [9.17, 15) is 0 Å². The van der Waals surface area contributed by atoms with Crippen molar-refractivity contribution in [2.45, 2.75) is 200 Å². The van der Waals surface area contributed by atoms with Gasteiger partial charge in [-0.25, -0.2) is 0 Å². The van der Waals surface area contributed by atoms with Crippen molar-refractivity contribution in [1.82, 2.24) is 4.57 Å². The Morgan fingerprint density at radius 2 is 1.03 bits per heavy atom. The van der Waals surface area contributed by atoms with Crippen molar-refractivity contribution in [2.75, 3.05) is 0 Å². The number of nitrogens with zero attached hydrogens (tertiary/aromatic N) is 1. The second kappa shape index (κ2) is 31.5. The summed E-state index contributed by atoms with van der Waals surface area (Å²) in [5, 5.41) is 0. The van der Waals surface area contributed by atoms with Gasteiger partial charge < -0.3 is 4.57 Å². The van der Waals surface area contributed by atoms with Crippen molar-refractivity contribution < 1.29 is 0 Å². The summed E-state index contributed by atoms with van der Waals surface area (Å²) < 4.78 is 2.22. The highest BCUT2D eigenvalue weighted by molar-refractivity contribution is 5.28. The van der Waals surface area contributed by atoms with E-state index in [0.29, 0.717) is 16.7 Å². The summed E-state index contributed by atoms with van der Waals surface area (Å²) in [7, 11) is 0. The lowest BCUT2D eigenvalue weighted by molar-refractivity contribution is 0.124. The number of rotatable bonds is 8. The number of aromatic nitrogens is 1. The van der Waals surface area contributed by atoms with Crippen LogP contribution in [-0.4, -0.2) is 4.57 Å². The van der Waals surface area contributed by atoms with Crippen LogP contribution in [-0.2, 0) is 6.42 Å². The molecule has 2 aromatic carbocycles. The number of hydrogen-bond donors (Lipinski definition) is 0. The smallest absolute Gasteiger partial charge is 0.0761 e. The molecular formula is C58H97N. The Labute approximate surface area is 370 Å². The Bertz CT molecular complexity index is 1460. The second-order valence-corrected chi connectivity index (χ2v) is 20.1. The van der Waals surface area contributed by atoms with Crippen LogP contribution in [0.1, 0.15) is 202 Å². The summed E-state index contributed by atoms with van der Waals surface area (Å²) in [5.41, 5.74) is 10.7. The first-order valence-corrected chi connectivity index (χ1v) is 23.3. The molecular weight excluding hydrogens is 711 g/mol. The molecule has 1 heteroatoms. The number of aryl methyl sites for hydroxylation is 3. The van der Waals surface area contributed by atoms with E-state index in [-0.39, 0.29) is 6.04 Å². The van der Waals surface area contributed by atoms with Crippen molar-refractivity contribution in [3.05, 3.63) is 144 Å². The maximum absolute atomic E-state index is 3.98. The average Bonchev–Trinajstić information content (AvgIpc) is 3.50. The molecule has 0 radical (unpaired) electrons. The Morgan fingerprint density at radius 3 is 1.36 bits per heavy atom. The third-order valence-electron chi connectivity index (χ3n) is 10.9. The maximum atomic E-state index is 3.98. The fourth-order valence-corrected chi connectivity index (χ4v) is 6.54. The van der Waals surface area contributed by atoms with Crippen LogP contribution in [0.15, 0.2) is 122 Å². The van der Waals surface area contributed by atoms with Crippen molar-refractivity contribution in [1.29, 1.82) is 0 Å². The molecule has 1 spiro atoms. The molecule has 3 aromatic rings. The van der Waals surface area contributed by atoms with Gasteiger partial charge in [-0.2, -0.15) is 0 Å². The molecule has 2 atom stereocenters. The van der Waals surface area contributed by atoms with Crippen LogP contribution in [0.25, 0.3) is 0 Å². The third kappa shape index (κ3) is 30.4. The summed E-state index contributed by atoms with van der Waals surface area (Å²) in [6.07, 6.45) is 25.4. The van der Waals surface area contributed by atoms with E-state index in [0.717, 1.165) is 5.41 Å². The topological polar surface area (TPSA) is 4.93 Å². The van der Waals surface area contributed by atoms with E-state index in [1.54, 1.807) is 25.7 Å². The van der Waals surface area contributed by atoms with Crippen LogP contribution < -0.4 is 0 Å². The van der Waals surface area contributed by atoms with Crippen molar-refractivity contribution in [3.8, 4) is 0 Å². The summed E-state index contributed by atoms with van der Waals surface area (Å²) in [6, 6.07) is 21.4. The largest absolute Gasteiger partial charge is 0.343 e. The monoisotopic (exact) mass is 808 g/mol. The van der Waals surface area contributed by atoms with E-state index < -0.39 is 0 Å². The van der Waals surface area contributed by atoms with Crippen LogP contribution in [0.4, 0.5) is 0 Å². The van der Waals surface area contributed by atoms with E-state index in [1.165, 1.54) is 96.8 Å². The minimum atomic E-state index is 0.230. The first-order valence-electron chi connectivity index (χ1n) is 23.3. The van der Waals surface area contributed by atoms with Crippen LogP contribution in [0.3, 0.4) is 0 Å². The standard InChI is InChI=1S/C15H17N.C14H20.C11H20.C7H14.C5H12.C4H8.C2H6/c1-4-15(14-8-6-5-7-9-14)16-10-12(2)13(3)11-16;1-12(2)13(3)8-7-11-14-9-5-4-6-10-14;1-3-7-11(8-4-1)9-5-2-6-10-11;1-6(2)7(3,4)5;1-5(2,3)4;1-4(2)3;1-2/h4-11,15H,1H2,2-3H3;4-6,9-10,13H,1,7-8,11H2,2-3H3;1-10H2;1H2,2-5H3;1-4H3;1H2,2-3H3;1-2H3. The number of benzene rings is 2. The second-order valence-electron chi connectivity index (χ2n) is 20.1. The Morgan fingerprint density at radius 1 is 0.678 bits per heavy atom. The van der Waals surface area contributed by atoms with Crippen LogP contribution in [0.5, 0.6) is 0 Å². The minimum Gasteiger partial charge on any atom is -0.343 e. The van der Waals surface area contributed by atoms with Gasteiger partial charge in [0.1, 0.15) is 0 Å². The fraction of sp³-hybridized carbons (Fsp3) is 0.586. The van der Waals surface area contributed by atoms with Gasteiger partial charge in [-0.1, -0.05) is 204 Å². The zero-order valence-corrected chi connectivity index (χ0v) is 42.1. The zero-order valence-electron chi connectivity index (χ0n) is 42.1. The maximum Gasteiger partial charge on any atom is 0.0761 e. The molecule has 334 valence electrons. The third-order valence-corrected chi connectivity index (χ3v) is 10.9. The van der Waals surface area contributed by atoms with Gasteiger partial charge in [0.25, 0.3) is 0 Å². The summed E-state index contributed by atoms with van der Waals surface area (Å²) >= 11 is 0. The molecule has 0 bridgehead atoms. The minimum absolute atomic E-state index is 0.230. The van der Waals surface area contributed by atoms with Gasteiger partial charge in [-0.15, -0.1) is 13.2 Å². The predicted octanol–water partition coefficient (Wildman–Crippen LogP) is 19.3. The molecule has 59 heavy (non-hydrogen) atoms. The summed E-state index contributed by atoms with van der Waals surface area (Å²) in [5.74, 6) is 0.665.